The van der Waals surface area contributed by atoms with E-state index in [0.717, 1.165) is 11.3 Å². The molecule has 0 heterocycles. The Hall–Kier alpha value is -2.07. The summed E-state index contributed by atoms with van der Waals surface area (Å²) in [6, 6.07) is 11.3. The largest absolute Gasteiger partial charge is 0.497 e. The van der Waals surface area contributed by atoms with Gasteiger partial charge in [0.25, 0.3) is 0 Å². The molecule has 0 fully saturated rings. The Bertz CT molecular complexity index is 653. The fourth-order valence-corrected chi connectivity index (χ4v) is 2.04. The van der Waals surface area contributed by atoms with Crippen molar-refractivity contribution in [3.05, 3.63) is 53.1 Å². The van der Waals surface area contributed by atoms with Crippen LogP contribution in [0.5, 0.6) is 17.2 Å². The number of aryl methyl sites for hydroxylation is 1. The molecule has 0 radical (unpaired) electrons. The van der Waals surface area contributed by atoms with Gasteiger partial charge in [0.15, 0.2) is 0 Å². The van der Waals surface area contributed by atoms with Gasteiger partial charge >= 0.3 is 0 Å². The second-order valence-electron chi connectivity index (χ2n) is 4.53. The van der Waals surface area contributed by atoms with E-state index in [1.807, 2.05) is 44.2 Å². The standard InChI is InChI=1S/C16H17NO2S/c1-10-5-4-6-14(11(10)2)19-15-9-12(18-3)7-8-13(15)16(17)20/h4-9H,1-3H3,(H2,17,20). The minimum atomic E-state index is 0.299. The SMILES string of the molecule is COc1ccc(C(N)=S)c(Oc2cccc(C)c2C)c1. The molecular formula is C16H17NO2S. The van der Waals surface area contributed by atoms with Crippen molar-refractivity contribution in [2.24, 2.45) is 5.73 Å². The average molecular weight is 287 g/mol. The summed E-state index contributed by atoms with van der Waals surface area (Å²) in [6.45, 7) is 4.06. The van der Waals surface area contributed by atoms with Gasteiger partial charge in [-0.05, 0) is 43.2 Å². The highest BCUT2D eigenvalue weighted by Gasteiger charge is 2.11. The van der Waals surface area contributed by atoms with E-state index in [1.165, 1.54) is 5.56 Å². The minimum absolute atomic E-state index is 0.299. The molecular weight excluding hydrogens is 270 g/mol. The number of ether oxygens (including phenoxy) is 2. The van der Waals surface area contributed by atoms with Crippen LogP contribution in [0.2, 0.25) is 0 Å². The third kappa shape index (κ3) is 2.91. The molecule has 2 rings (SSSR count). The van der Waals surface area contributed by atoms with Crippen molar-refractivity contribution in [1.29, 1.82) is 0 Å². The van der Waals surface area contributed by atoms with Crippen molar-refractivity contribution in [3.63, 3.8) is 0 Å². The molecule has 0 aliphatic rings. The smallest absolute Gasteiger partial charge is 0.141 e. The number of methoxy groups -OCH3 is 1. The lowest BCUT2D eigenvalue weighted by atomic mass is 10.1. The molecule has 0 aromatic heterocycles. The first kappa shape index (κ1) is 14.3. The first-order chi connectivity index (χ1) is 9.52. The van der Waals surface area contributed by atoms with Gasteiger partial charge in [-0.1, -0.05) is 24.4 Å². The summed E-state index contributed by atoms with van der Waals surface area (Å²) in [5.74, 6) is 2.09. The van der Waals surface area contributed by atoms with Crippen molar-refractivity contribution in [3.8, 4) is 17.2 Å². The van der Waals surface area contributed by atoms with Crippen molar-refractivity contribution >= 4 is 17.2 Å². The second kappa shape index (κ2) is 5.92. The third-order valence-corrected chi connectivity index (χ3v) is 3.45. The van der Waals surface area contributed by atoms with Crippen molar-refractivity contribution in [2.45, 2.75) is 13.8 Å². The molecule has 2 N–H and O–H groups in total. The highest BCUT2D eigenvalue weighted by Crippen LogP contribution is 2.32. The molecule has 4 heteroatoms. The van der Waals surface area contributed by atoms with Crippen LogP contribution in [0.4, 0.5) is 0 Å². The predicted molar refractivity (Wildman–Crippen MR) is 84.9 cm³/mol. The highest BCUT2D eigenvalue weighted by atomic mass is 32.1. The summed E-state index contributed by atoms with van der Waals surface area (Å²) in [5.41, 5.74) is 8.69. The van der Waals surface area contributed by atoms with E-state index in [9.17, 15) is 0 Å². The maximum absolute atomic E-state index is 5.98. The fourth-order valence-electron chi connectivity index (χ4n) is 1.87. The Balaban J connectivity index is 2.46. The van der Waals surface area contributed by atoms with Gasteiger partial charge in [0, 0.05) is 6.07 Å². The average Bonchev–Trinajstić information content (AvgIpc) is 2.43. The van der Waals surface area contributed by atoms with E-state index < -0.39 is 0 Å². The molecule has 0 amide bonds. The van der Waals surface area contributed by atoms with Crippen LogP contribution >= 0.6 is 12.2 Å². The first-order valence-electron chi connectivity index (χ1n) is 6.25. The Morgan fingerprint density at radius 3 is 2.50 bits per heavy atom. The molecule has 0 aliphatic heterocycles. The van der Waals surface area contributed by atoms with Crippen LogP contribution in [-0.2, 0) is 0 Å². The lowest BCUT2D eigenvalue weighted by molar-refractivity contribution is 0.408. The Kier molecular flexibility index (Phi) is 4.25. The summed E-state index contributed by atoms with van der Waals surface area (Å²) in [5, 5.41) is 0. The van der Waals surface area contributed by atoms with Crippen LogP contribution in [0.15, 0.2) is 36.4 Å². The molecule has 0 aliphatic carbocycles. The lowest BCUT2D eigenvalue weighted by Crippen LogP contribution is -2.11. The molecule has 0 saturated carbocycles. The van der Waals surface area contributed by atoms with E-state index in [1.54, 1.807) is 13.2 Å². The third-order valence-electron chi connectivity index (χ3n) is 3.23. The van der Waals surface area contributed by atoms with Crippen molar-refractivity contribution < 1.29 is 9.47 Å². The zero-order valence-electron chi connectivity index (χ0n) is 11.8. The van der Waals surface area contributed by atoms with Crippen LogP contribution in [0.3, 0.4) is 0 Å². The molecule has 0 atom stereocenters. The Labute approximate surface area is 124 Å². The van der Waals surface area contributed by atoms with Gasteiger partial charge in [0.2, 0.25) is 0 Å². The first-order valence-corrected chi connectivity index (χ1v) is 6.65. The zero-order chi connectivity index (χ0) is 14.7. The van der Waals surface area contributed by atoms with Gasteiger partial charge < -0.3 is 15.2 Å². The summed E-state index contributed by atoms with van der Waals surface area (Å²) < 4.78 is 11.2. The molecule has 2 aromatic carbocycles. The van der Waals surface area contributed by atoms with Crippen LogP contribution in [0.1, 0.15) is 16.7 Å². The second-order valence-corrected chi connectivity index (χ2v) is 4.97. The lowest BCUT2D eigenvalue weighted by Gasteiger charge is -2.14. The topological polar surface area (TPSA) is 44.5 Å². The number of thiocarbonyl (C=S) groups is 1. The van der Waals surface area contributed by atoms with E-state index in [4.69, 9.17) is 27.4 Å². The number of benzene rings is 2. The van der Waals surface area contributed by atoms with Crippen molar-refractivity contribution in [2.75, 3.05) is 7.11 Å². The highest BCUT2D eigenvalue weighted by molar-refractivity contribution is 7.80. The number of rotatable bonds is 4. The molecule has 20 heavy (non-hydrogen) atoms. The summed E-state index contributed by atoms with van der Waals surface area (Å²) in [6.07, 6.45) is 0. The summed E-state index contributed by atoms with van der Waals surface area (Å²) in [4.78, 5) is 0.299. The number of nitrogens with two attached hydrogens (primary N) is 1. The molecule has 3 nitrogen and oxygen atoms in total. The maximum Gasteiger partial charge on any atom is 0.141 e. The van der Waals surface area contributed by atoms with E-state index in [0.29, 0.717) is 22.1 Å². The molecule has 0 bridgehead atoms. The van der Waals surface area contributed by atoms with Crippen LogP contribution < -0.4 is 15.2 Å². The Morgan fingerprint density at radius 1 is 1.10 bits per heavy atom. The quantitative estimate of drug-likeness (QED) is 0.870. The van der Waals surface area contributed by atoms with Gasteiger partial charge in [0.05, 0.1) is 12.7 Å². The monoisotopic (exact) mass is 287 g/mol. The van der Waals surface area contributed by atoms with Crippen molar-refractivity contribution in [1.82, 2.24) is 0 Å². The Morgan fingerprint density at radius 2 is 1.85 bits per heavy atom. The molecule has 0 saturated heterocycles. The van der Waals surface area contributed by atoms with Crippen LogP contribution in [0.25, 0.3) is 0 Å². The van der Waals surface area contributed by atoms with Gasteiger partial charge in [-0.15, -0.1) is 0 Å². The normalized spacial score (nSPS) is 10.2. The van der Waals surface area contributed by atoms with E-state index in [-0.39, 0.29) is 0 Å². The summed E-state index contributed by atoms with van der Waals surface area (Å²) in [7, 11) is 1.61. The molecule has 104 valence electrons. The minimum Gasteiger partial charge on any atom is -0.497 e. The van der Waals surface area contributed by atoms with E-state index in [2.05, 4.69) is 0 Å². The zero-order valence-corrected chi connectivity index (χ0v) is 12.6. The van der Waals surface area contributed by atoms with Gasteiger partial charge in [0.1, 0.15) is 22.2 Å². The number of hydrogen-bond acceptors (Lipinski definition) is 3. The molecule has 0 spiro atoms. The van der Waals surface area contributed by atoms with Gasteiger partial charge in [-0.2, -0.15) is 0 Å². The summed E-state index contributed by atoms with van der Waals surface area (Å²) >= 11 is 5.06. The number of hydrogen-bond donors (Lipinski definition) is 1. The van der Waals surface area contributed by atoms with Crippen LogP contribution in [-0.4, -0.2) is 12.1 Å². The maximum atomic E-state index is 5.98. The predicted octanol–water partition coefficient (Wildman–Crippen LogP) is 3.74. The van der Waals surface area contributed by atoms with Gasteiger partial charge in [-0.3, -0.25) is 0 Å². The van der Waals surface area contributed by atoms with Gasteiger partial charge in [-0.25, -0.2) is 0 Å². The molecule has 2 aromatic rings. The van der Waals surface area contributed by atoms with E-state index >= 15 is 0 Å². The van der Waals surface area contributed by atoms with Crippen LogP contribution in [0, 0.1) is 13.8 Å². The molecule has 0 unspecified atom stereocenters. The fraction of sp³-hybridized carbons (Fsp3) is 0.188.